The molecule has 23 heavy (non-hydrogen) atoms. The first-order valence-electron chi connectivity index (χ1n) is 7.28. The van der Waals surface area contributed by atoms with Crippen LogP contribution in [0.3, 0.4) is 0 Å². The Morgan fingerprint density at radius 3 is 2.57 bits per heavy atom. The molecule has 1 aromatic heterocycles. The summed E-state index contributed by atoms with van der Waals surface area (Å²) in [5, 5.41) is 1.75. The third-order valence-electron chi connectivity index (χ3n) is 3.29. The van der Waals surface area contributed by atoms with Crippen molar-refractivity contribution in [3.05, 3.63) is 64.2 Å². The lowest BCUT2D eigenvalue weighted by Crippen LogP contribution is -2.05. The summed E-state index contributed by atoms with van der Waals surface area (Å²) in [6.07, 6.45) is 2.55. The van der Waals surface area contributed by atoms with Crippen LogP contribution in [0.25, 0.3) is 10.9 Å². The number of para-hydroxylation sites is 1. The molecule has 118 valence electrons. The Balaban J connectivity index is 1.51. The van der Waals surface area contributed by atoms with Crippen molar-refractivity contribution < 1.29 is 9.47 Å². The van der Waals surface area contributed by atoms with E-state index in [-0.39, 0.29) is 0 Å². The van der Waals surface area contributed by atoms with Gasteiger partial charge in [-0.2, -0.15) is 0 Å². The highest BCUT2D eigenvalue weighted by molar-refractivity contribution is 9.10. The maximum atomic E-state index is 5.90. The largest absolute Gasteiger partial charge is 0.492 e. The summed E-state index contributed by atoms with van der Waals surface area (Å²) in [7, 11) is 0. The molecule has 0 spiro atoms. The Morgan fingerprint density at radius 2 is 1.74 bits per heavy atom. The van der Waals surface area contributed by atoms with Gasteiger partial charge >= 0.3 is 0 Å². The van der Waals surface area contributed by atoms with Gasteiger partial charge in [0.1, 0.15) is 17.0 Å². The number of pyridine rings is 1. The van der Waals surface area contributed by atoms with Crippen LogP contribution < -0.4 is 9.47 Å². The summed E-state index contributed by atoms with van der Waals surface area (Å²) in [5.41, 5.74) is 0.886. The highest BCUT2D eigenvalue weighted by Crippen LogP contribution is 2.28. The van der Waals surface area contributed by atoms with E-state index in [2.05, 4.69) is 20.9 Å². The van der Waals surface area contributed by atoms with E-state index in [1.807, 2.05) is 42.5 Å². The molecule has 0 bridgehead atoms. The van der Waals surface area contributed by atoms with Crippen LogP contribution in [0.2, 0.25) is 5.02 Å². The normalized spacial score (nSPS) is 10.7. The van der Waals surface area contributed by atoms with Gasteiger partial charge in [0.05, 0.1) is 17.7 Å². The maximum Gasteiger partial charge on any atom is 0.145 e. The van der Waals surface area contributed by atoms with E-state index in [1.165, 1.54) is 0 Å². The van der Waals surface area contributed by atoms with Gasteiger partial charge in [-0.15, -0.1) is 0 Å². The van der Waals surface area contributed by atoms with Crippen molar-refractivity contribution in [3.8, 4) is 11.5 Å². The van der Waals surface area contributed by atoms with Crippen LogP contribution in [0.15, 0.2) is 59.2 Å². The van der Waals surface area contributed by atoms with Gasteiger partial charge in [0.25, 0.3) is 0 Å². The summed E-state index contributed by atoms with van der Waals surface area (Å²) >= 11 is 9.34. The Kier molecular flexibility index (Phi) is 5.36. The molecular formula is C18H15BrClNO2. The zero-order valence-corrected chi connectivity index (χ0v) is 14.7. The second-order valence-corrected chi connectivity index (χ2v) is 6.25. The van der Waals surface area contributed by atoms with Crippen LogP contribution in [0, 0.1) is 0 Å². The minimum atomic E-state index is 0.568. The maximum absolute atomic E-state index is 5.90. The molecule has 3 rings (SSSR count). The molecule has 0 aliphatic rings. The molecule has 0 aliphatic carbocycles. The quantitative estimate of drug-likeness (QED) is 0.519. The number of benzene rings is 2. The van der Waals surface area contributed by atoms with Crippen molar-refractivity contribution >= 4 is 38.4 Å². The lowest BCUT2D eigenvalue weighted by Gasteiger charge is -2.10. The molecular weight excluding hydrogens is 378 g/mol. The fourth-order valence-electron chi connectivity index (χ4n) is 2.21. The fraction of sp³-hybridized carbons (Fsp3) is 0.167. The third kappa shape index (κ3) is 4.15. The van der Waals surface area contributed by atoms with Crippen LogP contribution in [-0.2, 0) is 0 Å². The molecule has 0 atom stereocenters. The minimum Gasteiger partial charge on any atom is -0.492 e. The van der Waals surface area contributed by atoms with Gasteiger partial charge in [-0.1, -0.05) is 29.8 Å². The molecule has 0 N–H and O–H groups in total. The van der Waals surface area contributed by atoms with Crippen molar-refractivity contribution in [3.63, 3.8) is 0 Å². The molecule has 1 heterocycles. The van der Waals surface area contributed by atoms with Gasteiger partial charge in [0, 0.05) is 23.0 Å². The van der Waals surface area contributed by atoms with Gasteiger partial charge in [-0.25, -0.2) is 0 Å². The summed E-state index contributed by atoms with van der Waals surface area (Å²) in [6.45, 7) is 1.14. The number of aromatic nitrogens is 1. The van der Waals surface area contributed by atoms with E-state index in [0.717, 1.165) is 33.3 Å². The Morgan fingerprint density at radius 1 is 0.957 bits per heavy atom. The van der Waals surface area contributed by atoms with Crippen LogP contribution in [0.1, 0.15) is 6.42 Å². The molecule has 0 saturated carbocycles. The van der Waals surface area contributed by atoms with Crippen LogP contribution in [-0.4, -0.2) is 18.2 Å². The fourth-order valence-corrected chi connectivity index (χ4v) is 3.01. The second-order valence-electron chi connectivity index (χ2n) is 4.96. The number of ether oxygens (including phenoxy) is 2. The first-order valence-corrected chi connectivity index (χ1v) is 8.45. The monoisotopic (exact) mass is 391 g/mol. The summed E-state index contributed by atoms with van der Waals surface area (Å²) in [5.74, 6) is 1.58. The topological polar surface area (TPSA) is 31.4 Å². The predicted octanol–water partition coefficient (Wildman–Crippen LogP) is 5.50. The third-order valence-corrected chi connectivity index (χ3v) is 4.15. The van der Waals surface area contributed by atoms with E-state index >= 15 is 0 Å². The van der Waals surface area contributed by atoms with Gasteiger partial charge in [0.2, 0.25) is 0 Å². The smallest absolute Gasteiger partial charge is 0.145 e. The van der Waals surface area contributed by atoms with Gasteiger partial charge in [0.15, 0.2) is 0 Å². The number of hydrogen-bond donors (Lipinski definition) is 0. The van der Waals surface area contributed by atoms with Crippen molar-refractivity contribution in [1.82, 2.24) is 4.98 Å². The van der Waals surface area contributed by atoms with Gasteiger partial charge in [-0.3, -0.25) is 4.98 Å². The number of fused-ring (bicyclic) bond motifs is 1. The zero-order chi connectivity index (χ0) is 16.1. The van der Waals surface area contributed by atoms with Gasteiger partial charge < -0.3 is 9.47 Å². The van der Waals surface area contributed by atoms with Crippen molar-refractivity contribution in [2.75, 3.05) is 13.2 Å². The molecule has 2 aromatic carbocycles. The summed E-state index contributed by atoms with van der Waals surface area (Å²) < 4.78 is 12.4. The number of halogens is 2. The van der Waals surface area contributed by atoms with Crippen LogP contribution >= 0.6 is 27.5 Å². The lowest BCUT2D eigenvalue weighted by molar-refractivity contribution is 0.248. The Hall–Kier alpha value is -1.78. The molecule has 0 aliphatic heterocycles. The highest BCUT2D eigenvalue weighted by atomic mass is 79.9. The Bertz CT molecular complexity index is 805. The molecule has 5 heteroatoms. The molecule has 0 fully saturated rings. The van der Waals surface area contributed by atoms with Crippen molar-refractivity contribution in [2.24, 2.45) is 0 Å². The highest BCUT2D eigenvalue weighted by Gasteiger charge is 2.04. The summed E-state index contributed by atoms with van der Waals surface area (Å²) in [4.78, 5) is 4.37. The average Bonchev–Trinajstić information content (AvgIpc) is 2.56. The SMILES string of the molecule is Clc1ccc(OCCCOc2cccc3cccnc23)c(Br)c1. The second kappa shape index (κ2) is 7.66. The predicted molar refractivity (Wildman–Crippen MR) is 96.5 cm³/mol. The van der Waals surface area contributed by atoms with E-state index in [0.29, 0.717) is 18.2 Å². The van der Waals surface area contributed by atoms with E-state index in [4.69, 9.17) is 21.1 Å². The van der Waals surface area contributed by atoms with Crippen molar-refractivity contribution in [2.45, 2.75) is 6.42 Å². The van der Waals surface area contributed by atoms with Crippen LogP contribution in [0.4, 0.5) is 0 Å². The molecule has 0 radical (unpaired) electrons. The number of nitrogens with zero attached hydrogens (tertiary/aromatic N) is 1. The van der Waals surface area contributed by atoms with E-state index in [9.17, 15) is 0 Å². The molecule has 0 amide bonds. The van der Waals surface area contributed by atoms with Gasteiger partial charge in [-0.05, 0) is 46.3 Å². The first-order chi connectivity index (χ1) is 11.2. The van der Waals surface area contributed by atoms with E-state index < -0.39 is 0 Å². The molecule has 0 unspecified atom stereocenters. The number of rotatable bonds is 6. The molecule has 0 saturated heterocycles. The zero-order valence-electron chi connectivity index (χ0n) is 12.3. The van der Waals surface area contributed by atoms with E-state index in [1.54, 1.807) is 12.3 Å². The standard InChI is InChI=1S/C18H15BrClNO2/c19-15-12-14(20)7-8-16(15)22-10-3-11-23-17-6-1-4-13-5-2-9-21-18(13)17/h1-2,4-9,12H,3,10-11H2. The van der Waals surface area contributed by atoms with Crippen LogP contribution in [0.5, 0.6) is 11.5 Å². The summed E-state index contributed by atoms with van der Waals surface area (Å²) in [6, 6.07) is 15.3. The minimum absolute atomic E-state index is 0.568. The molecule has 3 nitrogen and oxygen atoms in total. The average molecular weight is 393 g/mol. The first kappa shape index (κ1) is 16.1. The number of hydrogen-bond acceptors (Lipinski definition) is 3. The molecule has 3 aromatic rings. The van der Waals surface area contributed by atoms with Crippen molar-refractivity contribution in [1.29, 1.82) is 0 Å². The lowest BCUT2D eigenvalue weighted by atomic mass is 10.2. The Labute approximate surface area is 148 Å².